The van der Waals surface area contributed by atoms with Crippen LogP contribution in [0.3, 0.4) is 0 Å². The number of aromatic nitrogens is 1. The topological polar surface area (TPSA) is 43.3 Å². The number of amides is 1. The third-order valence-corrected chi connectivity index (χ3v) is 6.55. The molecule has 1 aromatic carbocycles. The Kier molecular flexibility index (Phi) is 4.74. The molecule has 0 atom stereocenters. The lowest BCUT2D eigenvalue weighted by Gasteiger charge is -2.31. The quantitative estimate of drug-likeness (QED) is 0.815. The van der Waals surface area contributed by atoms with Gasteiger partial charge in [0.2, 0.25) is 0 Å². The Morgan fingerprint density at radius 2 is 2.04 bits per heavy atom. The molecule has 4 rings (SSSR count). The minimum Gasteiger partial charge on any atom is -0.377 e. The van der Waals surface area contributed by atoms with Gasteiger partial charge in [-0.05, 0) is 36.3 Å². The molecule has 5 heteroatoms. The largest absolute Gasteiger partial charge is 0.377 e. The molecular formula is C21H27ClN2O2. The van der Waals surface area contributed by atoms with Gasteiger partial charge in [0, 0.05) is 18.1 Å². The van der Waals surface area contributed by atoms with E-state index in [1.165, 1.54) is 25.7 Å². The summed E-state index contributed by atoms with van der Waals surface area (Å²) in [6, 6.07) is 6.10. The molecule has 140 valence electrons. The van der Waals surface area contributed by atoms with Crippen LogP contribution in [0.4, 0.5) is 0 Å². The number of carbonyl (C=O) groups excluding carboxylic acids is 1. The summed E-state index contributed by atoms with van der Waals surface area (Å²) in [5.41, 5.74) is 1.79. The molecule has 2 heterocycles. The maximum atomic E-state index is 13.0. The summed E-state index contributed by atoms with van der Waals surface area (Å²) in [6.45, 7) is 6.61. The van der Waals surface area contributed by atoms with Gasteiger partial charge in [-0.3, -0.25) is 4.79 Å². The van der Waals surface area contributed by atoms with Crippen molar-refractivity contribution in [3.05, 3.63) is 35.0 Å². The second-order valence-corrected chi connectivity index (χ2v) is 8.84. The third kappa shape index (κ3) is 3.14. The number of halogens is 1. The van der Waals surface area contributed by atoms with Crippen LogP contribution < -0.4 is 5.32 Å². The fraction of sp³-hybridized carbons (Fsp3) is 0.571. The van der Waals surface area contributed by atoms with Crippen molar-refractivity contribution < 1.29 is 9.53 Å². The number of carbonyl (C=O) groups is 1. The standard InChI is InChI=1S/C21H27ClN2O2/c1-21(2,14-6-3-4-7-14)13-23-20(25)16-10-24(15-11-26-12-15)18-9-5-8-17(22)19(16)18/h5,8-10,14-15H,3-4,6-7,11-13H2,1-2H3,(H,23,25). The number of rotatable bonds is 5. The van der Waals surface area contributed by atoms with Gasteiger partial charge in [-0.15, -0.1) is 0 Å². The first-order valence-electron chi connectivity index (χ1n) is 9.62. The fourth-order valence-electron chi connectivity index (χ4n) is 4.38. The Hall–Kier alpha value is -1.52. The van der Waals surface area contributed by atoms with Gasteiger partial charge in [-0.2, -0.15) is 0 Å². The molecule has 0 bridgehead atoms. The first-order valence-corrected chi connectivity index (χ1v) is 10.00. The lowest BCUT2D eigenvalue weighted by Crippen LogP contribution is -2.38. The maximum absolute atomic E-state index is 13.0. The van der Waals surface area contributed by atoms with Crippen molar-refractivity contribution in [1.29, 1.82) is 0 Å². The van der Waals surface area contributed by atoms with Crippen molar-refractivity contribution >= 4 is 28.4 Å². The van der Waals surface area contributed by atoms with Gasteiger partial charge < -0.3 is 14.6 Å². The van der Waals surface area contributed by atoms with Crippen LogP contribution in [0, 0.1) is 11.3 Å². The van der Waals surface area contributed by atoms with Crippen LogP contribution in [-0.2, 0) is 4.74 Å². The summed E-state index contributed by atoms with van der Waals surface area (Å²) in [5.74, 6) is 0.660. The predicted molar refractivity (Wildman–Crippen MR) is 105 cm³/mol. The molecule has 1 amide bonds. The number of hydrogen-bond acceptors (Lipinski definition) is 2. The summed E-state index contributed by atoms with van der Waals surface area (Å²) in [4.78, 5) is 13.0. The van der Waals surface area contributed by atoms with E-state index in [4.69, 9.17) is 16.3 Å². The van der Waals surface area contributed by atoms with Crippen LogP contribution in [-0.4, -0.2) is 30.2 Å². The average molecular weight is 375 g/mol. The molecule has 2 aromatic rings. The van der Waals surface area contributed by atoms with Crippen molar-refractivity contribution in [3.8, 4) is 0 Å². The molecule has 1 aliphatic carbocycles. The normalized spacial score (nSPS) is 19.0. The summed E-state index contributed by atoms with van der Waals surface area (Å²) in [7, 11) is 0. The monoisotopic (exact) mass is 374 g/mol. The Bertz CT molecular complexity index is 817. The Balaban J connectivity index is 1.58. The molecule has 2 aliphatic rings. The minimum absolute atomic E-state index is 0.0341. The number of nitrogens with one attached hydrogen (secondary N) is 1. The number of ether oxygens (including phenoxy) is 1. The smallest absolute Gasteiger partial charge is 0.253 e. The van der Waals surface area contributed by atoms with Gasteiger partial charge in [0.05, 0.1) is 35.4 Å². The van der Waals surface area contributed by atoms with Crippen LogP contribution >= 0.6 is 11.6 Å². The van der Waals surface area contributed by atoms with Gasteiger partial charge in [-0.1, -0.05) is 44.4 Å². The summed E-state index contributed by atoms with van der Waals surface area (Å²) in [6.07, 6.45) is 7.12. The SMILES string of the molecule is CC(C)(CNC(=O)c1cn(C2COC2)c2cccc(Cl)c12)C1CCCC1. The number of hydrogen-bond donors (Lipinski definition) is 1. The van der Waals surface area contributed by atoms with Crippen LogP contribution in [0.15, 0.2) is 24.4 Å². The van der Waals surface area contributed by atoms with Crippen molar-refractivity contribution in [2.45, 2.75) is 45.6 Å². The molecular weight excluding hydrogens is 348 g/mol. The van der Waals surface area contributed by atoms with Gasteiger partial charge in [0.1, 0.15) is 0 Å². The van der Waals surface area contributed by atoms with E-state index in [1.54, 1.807) is 0 Å². The summed E-state index contributed by atoms with van der Waals surface area (Å²) in [5, 5.41) is 4.65. The van der Waals surface area contributed by atoms with Crippen molar-refractivity contribution in [1.82, 2.24) is 9.88 Å². The molecule has 1 aliphatic heterocycles. The van der Waals surface area contributed by atoms with E-state index in [0.29, 0.717) is 36.3 Å². The zero-order valence-corrected chi connectivity index (χ0v) is 16.3. The van der Waals surface area contributed by atoms with Crippen molar-refractivity contribution in [2.24, 2.45) is 11.3 Å². The van der Waals surface area contributed by atoms with Gasteiger partial charge in [0.25, 0.3) is 5.91 Å². The highest BCUT2D eigenvalue weighted by Gasteiger charge is 2.32. The van der Waals surface area contributed by atoms with E-state index in [0.717, 1.165) is 10.9 Å². The molecule has 2 fully saturated rings. The van der Waals surface area contributed by atoms with Gasteiger partial charge in [-0.25, -0.2) is 0 Å². The van der Waals surface area contributed by atoms with E-state index in [9.17, 15) is 4.79 Å². The molecule has 4 nitrogen and oxygen atoms in total. The van der Waals surface area contributed by atoms with E-state index in [-0.39, 0.29) is 17.4 Å². The Morgan fingerprint density at radius 1 is 1.31 bits per heavy atom. The minimum atomic E-state index is -0.0341. The maximum Gasteiger partial charge on any atom is 0.253 e. The zero-order valence-electron chi connectivity index (χ0n) is 15.6. The Labute approximate surface area is 159 Å². The van der Waals surface area contributed by atoms with Crippen LogP contribution in [0.25, 0.3) is 10.9 Å². The second-order valence-electron chi connectivity index (χ2n) is 8.43. The van der Waals surface area contributed by atoms with Crippen molar-refractivity contribution in [2.75, 3.05) is 19.8 Å². The van der Waals surface area contributed by atoms with E-state index in [2.05, 4.69) is 23.7 Å². The molecule has 0 radical (unpaired) electrons. The molecule has 26 heavy (non-hydrogen) atoms. The summed E-state index contributed by atoms with van der Waals surface area (Å²) < 4.78 is 7.47. The van der Waals surface area contributed by atoms with E-state index in [1.807, 2.05) is 24.4 Å². The Morgan fingerprint density at radius 3 is 2.69 bits per heavy atom. The van der Waals surface area contributed by atoms with E-state index < -0.39 is 0 Å². The van der Waals surface area contributed by atoms with E-state index >= 15 is 0 Å². The highest BCUT2D eigenvalue weighted by molar-refractivity contribution is 6.36. The lowest BCUT2D eigenvalue weighted by atomic mass is 9.77. The highest BCUT2D eigenvalue weighted by Crippen LogP contribution is 2.39. The first kappa shape index (κ1) is 17.9. The van der Waals surface area contributed by atoms with Crippen LogP contribution in [0.1, 0.15) is 55.9 Å². The van der Waals surface area contributed by atoms with Gasteiger partial charge >= 0.3 is 0 Å². The molecule has 1 aromatic heterocycles. The van der Waals surface area contributed by atoms with Crippen molar-refractivity contribution in [3.63, 3.8) is 0 Å². The zero-order chi connectivity index (χ0) is 18.3. The molecule has 0 spiro atoms. The predicted octanol–water partition coefficient (Wildman–Crippen LogP) is 4.81. The number of benzene rings is 1. The summed E-state index contributed by atoms with van der Waals surface area (Å²) >= 11 is 6.45. The molecule has 0 unspecified atom stereocenters. The number of fused-ring (bicyclic) bond motifs is 1. The second kappa shape index (κ2) is 6.90. The number of nitrogens with zero attached hydrogens (tertiary/aromatic N) is 1. The molecule has 1 saturated carbocycles. The van der Waals surface area contributed by atoms with Crippen LogP contribution in [0.2, 0.25) is 5.02 Å². The highest BCUT2D eigenvalue weighted by atomic mass is 35.5. The molecule has 1 N–H and O–H groups in total. The first-order chi connectivity index (χ1) is 12.5. The molecule has 1 saturated heterocycles. The van der Waals surface area contributed by atoms with Gasteiger partial charge in [0.15, 0.2) is 0 Å². The lowest BCUT2D eigenvalue weighted by molar-refractivity contribution is -0.0214. The fourth-order valence-corrected chi connectivity index (χ4v) is 4.65. The average Bonchev–Trinajstić information content (AvgIpc) is 3.21. The van der Waals surface area contributed by atoms with Crippen LogP contribution in [0.5, 0.6) is 0 Å². The third-order valence-electron chi connectivity index (χ3n) is 6.23.